The number of allylic oxidation sites excluding steroid dienone is 1. The standard InChI is InChI=1S/C14H19NO3S/c1-4-7-8-12(16)15-13-11(14(17)18-6-3)9-10(5-2)19-13/h4,9H,1,5-8H2,2-3H3,(H,15,16). The number of ether oxygens (including phenoxy) is 1. The number of rotatable bonds is 7. The molecule has 1 aromatic heterocycles. The molecule has 1 rings (SSSR count). The fraction of sp³-hybridized carbons (Fsp3) is 0.429. The first-order chi connectivity index (χ1) is 9.12. The minimum Gasteiger partial charge on any atom is -0.462 e. The monoisotopic (exact) mass is 281 g/mol. The van der Waals surface area contributed by atoms with E-state index in [1.165, 1.54) is 11.3 Å². The molecule has 1 aromatic rings. The van der Waals surface area contributed by atoms with Crippen LogP contribution < -0.4 is 5.32 Å². The molecule has 0 unspecified atom stereocenters. The van der Waals surface area contributed by atoms with E-state index in [1.54, 1.807) is 19.1 Å². The van der Waals surface area contributed by atoms with Gasteiger partial charge in [-0.1, -0.05) is 13.0 Å². The van der Waals surface area contributed by atoms with Gasteiger partial charge in [0.1, 0.15) is 5.00 Å². The van der Waals surface area contributed by atoms with Gasteiger partial charge in [0.05, 0.1) is 12.2 Å². The largest absolute Gasteiger partial charge is 0.462 e. The molecular formula is C14H19NO3S. The molecule has 0 saturated heterocycles. The van der Waals surface area contributed by atoms with Crippen LogP contribution in [0.25, 0.3) is 0 Å². The molecule has 0 aliphatic heterocycles. The van der Waals surface area contributed by atoms with E-state index in [-0.39, 0.29) is 5.91 Å². The van der Waals surface area contributed by atoms with Crippen molar-refractivity contribution in [3.05, 3.63) is 29.2 Å². The first kappa shape index (κ1) is 15.4. The summed E-state index contributed by atoms with van der Waals surface area (Å²) in [6, 6.07) is 1.78. The van der Waals surface area contributed by atoms with E-state index in [1.807, 2.05) is 6.92 Å². The van der Waals surface area contributed by atoms with E-state index in [9.17, 15) is 9.59 Å². The third kappa shape index (κ3) is 4.52. The minimum absolute atomic E-state index is 0.116. The molecule has 19 heavy (non-hydrogen) atoms. The Bertz CT molecular complexity index is 465. The highest BCUT2D eigenvalue weighted by atomic mass is 32.1. The van der Waals surface area contributed by atoms with Crippen LogP contribution in [0.2, 0.25) is 0 Å². The first-order valence-corrected chi connectivity index (χ1v) is 7.14. The number of carbonyl (C=O) groups is 2. The van der Waals surface area contributed by atoms with Crippen LogP contribution in [0, 0.1) is 0 Å². The second-order valence-corrected chi connectivity index (χ2v) is 5.04. The van der Waals surface area contributed by atoms with Crippen molar-refractivity contribution in [3.63, 3.8) is 0 Å². The SMILES string of the molecule is C=CCCC(=O)Nc1sc(CC)cc1C(=O)OCC. The molecule has 1 N–H and O–H groups in total. The number of hydrogen-bond donors (Lipinski definition) is 1. The zero-order valence-electron chi connectivity index (χ0n) is 11.3. The van der Waals surface area contributed by atoms with E-state index in [4.69, 9.17) is 4.74 Å². The van der Waals surface area contributed by atoms with Gasteiger partial charge in [-0.25, -0.2) is 4.79 Å². The summed E-state index contributed by atoms with van der Waals surface area (Å²) in [6.45, 7) is 7.66. The molecule has 0 aliphatic carbocycles. The summed E-state index contributed by atoms with van der Waals surface area (Å²) in [5.74, 6) is -0.507. The molecule has 0 saturated carbocycles. The quantitative estimate of drug-likeness (QED) is 0.615. The fourth-order valence-corrected chi connectivity index (χ4v) is 2.49. The number of amides is 1. The van der Waals surface area contributed by atoms with Crippen molar-refractivity contribution >= 4 is 28.2 Å². The van der Waals surface area contributed by atoms with Gasteiger partial charge < -0.3 is 10.1 Å². The van der Waals surface area contributed by atoms with Crippen LogP contribution in [0.15, 0.2) is 18.7 Å². The second-order valence-electron chi connectivity index (χ2n) is 3.91. The summed E-state index contributed by atoms with van der Waals surface area (Å²) in [5.41, 5.74) is 0.440. The van der Waals surface area contributed by atoms with Gasteiger partial charge in [0.25, 0.3) is 0 Å². The molecule has 0 aromatic carbocycles. The molecule has 104 valence electrons. The molecule has 0 radical (unpaired) electrons. The van der Waals surface area contributed by atoms with Gasteiger partial charge in [0.2, 0.25) is 5.91 Å². The summed E-state index contributed by atoms with van der Waals surface area (Å²) >= 11 is 1.42. The number of esters is 1. The lowest BCUT2D eigenvalue weighted by Gasteiger charge is -2.05. The number of carbonyl (C=O) groups excluding carboxylic acids is 2. The number of aryl methyl sites for hydroxylation is 1. The fourth-order valence-electron chi connectivity index (χ4n) is 1.49. The van der Waals surface area contributed by atoms with Gasteiger partial charge in [-0.05, 0) is 25.8 Å². The summed E-state index contributed by atoms with van der Waals surface area (Å²) in [6.07, 6.45) is 3.50. The maximum absolute atomic E-state index is 11.8. The third-order valence-corrected chi connectivity index (χ3v) is 3.65. The molecule has 4 nitrogen and oxygen atoms in total. The van der Waals surface area contributed by atoms with E-state index in [0.717, 1.165) is 11.3 Å². The first-order valence-electron chi connectivity index (χ1n) is 6.32. The number of anilines is 1. The zero-order valence-corrected chi connectivity index (χ0v) is 12.1. The summed E-state index contributed by atoms with van der Waals surface area (Å²) in [7, 11) is 0. The average molecular weight is 281 g/mol. The third-order valence-electron chi connectivity index (χ3n) is 2.46. The summed E-state index contributed by atoms with van der Waals surface area (Å²) in [4.78, 5) is 24.5. The van der Waals surface area contributed by atoms with Crippen molar-refractivity contribution in [1.82, 2.24) is 0 Å². The normalized spacial score (nSPS) is 10.0. The van der Waals surface area contributed by atoms with Crippen molar-refractivity contribution in [2.24, 2.45) is 0 Å². The van der Waals surface area contributed by atoms with Crippen molar-refractivity contribution in [3.8, 4) is 0 Å². The van der Waals surface area contributed by atoms with Gasteiger partial charge >= 0.3 is 5.97 Å². The lowest BCUT2D eigenvalue weighted by atomic mass is 10.2. The summed E-state index contributed by atoms with van der Waals surface area (Å²) < 4.78 is 4.99. The lowest BCUT2D eigenvalue weighted by molar-refractivity contribution is -0.116. The van der Waals surface area contributed by atoms with E-state index < -0.39 is 5.97 Å². The molecule has 0 atom stereocenters. The number of hydrogen-bond acceptors (Lipinski definition) is 4. The van der Waals surface area contributed by atoms with Crippen LogP contribution in [0.1, 0.15) is 41.9 Å². The molecule has 1 heterocycles. The van der Waals surface area contributed by atoms with E-state index in [0.29, 0.717) is 30.0 Å². The smallest absolute Gasteiger partial charge is 0.341 e. The zero-order chi connectivity index (χ0) is 14.3. The Morgan fingerprint density at radius 2 is 2.21 bits per heavy atom. The Hall–Kier alpha value is -1.62. The highest BCUT2D eigenvalue weighted by Gasteiger charge is 2.18. The Balaban J connectivity index is 2.85. The Kier molecular flexibility index (Phi) is 6.29. The van der Waals surface area contributed by atoms with E-state index >= 15 is 0 Å². The molecular weight excluding hydrogens is 262 g/mol. The average Bonchev–Trinajstić information content (AvgIpc) is 2.79. The number of nitrogens with one attached hydrogen (secondary N) is 1. The van der Waals surface area contributed by atoms with Crippen LogP contribution in [-0.2, 0) is 16.0 Å². The van der Waals surface area contributed by atoms with Crippen LogP contribution in [-0.4, -0.2) is 18.5 Å². The maximum Gasteiger partial charge on any atom is 0.341 e. The maximum atomic E-state index is 11.8. The highest BCUT2D eigenvalue weighted by molar-refractivity contribution is 7.16. The second kappa shape index (κ2) is 7.74. The van der Waals surface area contributed by atoms with E-state index in [2.05, 4.69) is 11.9 Å². The number of thiophene rings is 1. The predicted octanol–water partition coefficient (Wildman–Crippen LogP) is 3.39. The van der Waals surface area contributed by atoms with Crippen molar-refractivity contribution in [2.75, 3.05) is 11.9 Å². The molecule has 0 bridgehead atoms. The lowest BCUT2D eigenvalue weighted by Crippen LogP contribution is -2.13. The minimum atomic E-state index is -0.391. The molecule has 0 spiro atoms. The Labute approximate surface area is 117 Å². The highest BCUT2D eigenvalue weighted by Crippen LogP contribution is 2.29. The van der Waals surface area contributed by atoms with Gasteiger partial charge in [-0.15, -0.1) is 17.9 Å². The van der Waals surface area contributed by atoms with Gasteiger partial charge in [-0.2, -0.15) is 0 Å². The molecule has 0 aliphatic rings. The summed E-state index contributed by atoms with van der Waals surface area (Å²) in [5, 5.41) is 3.34. The molecule has 1 amide bonds. The van der Waals surface area contributed by atoms with Crippen LogP contribution >= 0.6 is 11.3 Å². The molecule has 0 fully saturated rings. The predicted molar refractivity (Wildman–Crippen MR) is 77.7 cm³/mol. The van der Waals surface area contributed by atoms with Crippen molar-refractivity contribution in [2.45, 2.75) is 33.1 Å². The van der Waals surface area contributed by atoms with Crippen molar-refractivity contribution < 1.29 is 14.3 Å². The van der Waals surface area contributed by atoms with Crippen LogP contribution in [0.5, 0.6) is 0 Å². The van der Waals surface area contributed by atoms with Gasteiger partial charge in [0, 0.05) is 11.3 Å². The molecule has 5 heteroatoms. The van der Waals surface area contributed by atoms with Gasteiger partial charge in [0.15, 0.2) is 0 Å². The topological polar surface area (TPSA) is 55.4 Å². The van der Waals surface area contributed by atoms with Crippen LogP contribution in [0.4, 0.5) is 5.00 Å². The Morgan fingerprint density at radius 3 is 2.79 bits per heavy atom. The van der Waals surface area contributed by atoms with Gasteiger partial charge in [-0.3, -0.25) is 4.79 Å². The van der Waals surface area contributed by atoms with Crippen LogP contribution in [0.3, 0.4) is 0 Å². The Morgan fingerprint density at radius 1 is 1.47 bits per heavy atom. The van der Waals surface area contributed by atoms with Crippen molar-refractivity contribution in [1.29, 1.82) is 0 Å².